The van der Waals surface area contributed by atoms with E-state index in [1.54, 1.807) is 18.3 Å². The topological polar surface area (TPSA) is 66.9 Å². The number of aryl methyl sites for hydroxylation is 1. The summed E-state index contributed by atoms with van der Waals surface area (Å²) in [5.41, 5.74) is 1.90. The maximum absolute atomic E-state index is 12.3. The summed E-state index contributed by atoms with van der Waals surface area (Å²) in [5, 5.41) is 6.74. The van der Waals surface area contributed by atoms with Gasteiger partial charge in [0.25, 0.3) is 5.91 Å². The van der Waals surface area contributed by atoms with Gasteiger partial charge in [-0.05, 0) is 37.5 Å². The first kappa shape index (κ1) is 15.7. The number of nitrogens with zero attached hydrogens (tertiary/aromatic N) is 2. The molecule has 1 aliphatic rings. The van der Waals surface area contributed by atoms with Gasteiger partial charge in [0, 0.05) is 16.8 Å². The Bertz CT molecular complexity index is 696. The third kappa shape index (κ3) is 3.99. The van der Waals surface area contributed by atoms with Crippen LogP contribution in [-0.2, 0) is 0 Å². The average molecular weight is 331 g/mol. The van der Waals surface area contributed by atoms with Crippen LogP contribution in [0.1, 0.15) is 41.7 Å². The maximum atomic E-state index is 12.3. The number of nitrogens with one attached hydrogen (secondary N) is 2. The van der Waals surface area contributed by atoms with Gasteiger partial charge < -0.3 is 10.6 Å². The van der Waals surface area contributed by atoms with E-state index in [0.717, 1.165) is 18.4 Å². The van der Waals surface area contributed by atoms with Crippen LogP contribution >= 0.6 is 11.6 Å². The van der Waals surface area contributed by atoms with Crippen LogP contribution in [0.2, 0.25) is 5.02 Å². The molecule has 0 bridgehead atoms. The first-order valence-corrected chi connectivity index (χ1v) is 8.16. The number of anilines is 2. The predicted molar refractivity (Wildman–Crippen MR) is 92.1 cm³/mol. The summed E-state index contributed by atoms with van der Waals surface area (Å²) in [4.78, 5) is 20.7. The molecule has 0 saturated heterocycles. The Morgan fingerprint density at radius 2 is 2.00 bits per heavy atom. The van der Waals surface area contributed by atoms with Gasteiger partial charge in [-0.1, -0.05) is 30.5 Å². The second kappa shape index (κ2) is 6.96. The zero-order chi connectivity index (χ0) is 16.2. The number of benzene rings is 1. The number of halogens is 1. The Morgan fingerprint density at radius 3 is 2.70 bits per heavy atom. The summed E-state index contributed by atoms with van der Waals surface area (Å²) in [5.74, 6) is 0.419. The van der Waals surface area contributed by atoms with Gasteiger partial charge in [-0.2, -0.15) is 0 Å². The van der Waals surface area contributed by atoms with Crippen LogP contribution in [-0.4, -0.2) is 21.9 Å². The highest BCUT2D eigenvalue weighted by atomic mass is 35.5. The standard InChI is InChI=1S/C17H19ClN4O/c1-11-6-7-12(18)8-14(11)22-17(23)15-9-20-16(10-19-15)21-13-4-2-3-5-13/h6-10,13H,2-5H2,1H3,(H,20,21)(H,22,23). The van der Waals surface area contributed by atoms with Gasteiger partial charge in [0.05, 0.1) is 12.4 Å². The monoisotopic (exact) mass is 330 g/mol. The second-order valence-electron chi connectivity index (χ2n) is 5.83. The van der Waals surface area contributed by atoms with Crippen LogP contribution in [0.4, 0.5) is 11.5 Å². The number of amides is 1. The molecular weight excluding hydrogens is 312 g/mol. The zero-order valence-corrected chi connectivity index (χ0v) is 13.7. The van der Waals surface area contributed by atoms with Gasteiger partial charge in [0.15, 0.2) is 0 Å². The lowest BCUT2D eigenvalue weighted by molar-refractivity contribution is 0.102. The van der Waals surface area contributed by atoms with Gasteiger partial charge in [0.1, 0.15) is 11.5 Å². The van der Waals surface area contributed by atoms with Crippen molar-refractivity contribution >= 4 is 29.0 Å². The van der Waals surface area contributed by atoms with Crippen LogP contribution < -0.4 is 10.6 Å². The molecule has 1 aromatic heterocycles. The molecule has 23 heavy (non-hydrogen) atoms. The van der Waals surface area contributed by atoms with E-state index in [2.05, 4.69) is 20.6 Å². The fourth-order valence-electron chi connectivity index (χ4n) is 2.71. The third-order valence-electron chi connectivity index (χ3n) is 4.04. The van der Waals surface area contributed by atoms with E-state index in [1.165, 1.54) is 19.0 Å². The lowest BCUT2D eigenvalue weighted by atomic mass is 10.2. The van der Waals surface area contributed by atoms with E-state index >= 15 is 0 Å². The molecule has 2 aromatic rings. The van der Waals surface area contributed by atoms with Crippen molar-refractivity contribution in [3.8, 4) is 0 Å². The van der Waals surface area contributed by atoms with E-state index in [0.29, 0.717) is 22.6 Å². The number of aromatic nitrogens is 2. The third-order valence-corrected chi connectivity index (χ3v) is 4.27. The van der Waals surface area contributed by atoms with Crippen molar-refractivity contribution < 1.29 is 4.79 Å². The SMILES string of the molecule is Cc1ccc(Cl)cc1NC(=O)c1cnc(NC2CCCC2)cn1. The van der Waals surface area contributed by atoms with Crippen molar-refractivity contribution in [2.45, 2.75) is 38.6 Å². The summed E-state index contributed by atoms with van der Waals surface area (Å²) in [6, 6.07) is 5.84. The van der Waals surface area contributed by atoms with E-state index in [4.69, 9.17) is 11.6 Å². The molecule has 120 valence electrons. The number of hydrogen-bond donors (Lipinski definition) is 2. The van der Waals surface area contributed by atoms with E-state index in [1.807, 2.05) is 13.0 Å². The highest BCUT2D eigenvalue weighted by molar-refractivity contribution is 6.31. The minimum Gasteiger partial charge on any atom is -0.366 e. The molecule has 6 heteroatoms. The number of carbonyl (C=O) groups excluding carboxylic acids is 1. The predicted octanol–water partition coefficient (Wildman–Crippen LogP) is 4.05. The van der Waals surface area contributed by atoms with Crippen molar-refractivity contribution in [3.63, 3.8) is 0 Å². The molecule has 0 atom stereocenters. The molecule has 1 saturated carbocycles. The van der Waals surface area contributed by atoms with Crippen LogP contribution in [0.15, 0.2) is 30.6 Å². The Kier molecular flexibility index (Phi) is 4.76. The largest absolute Gasteiger partial charge is 0.366 e. The summed E-state index contributed by atoms with van der Waals surface area (Å²) in [7, 11) is 0. The highest BCUT2D eigenvalue weighted by Crippen LogP contribution is 2.22. The number of rotatable bonds is 4. The summed E-state index contributed by atoms with van der Waals surface area (Å²) in [6.07, 6.45) is 7.94. The first-order chi connectivity index (χ1) is 11.1. The van der Waals surface area contributed by atoms with Crippen molar-refractivity contribution in [1.82, 2.24) is 9.97 Å². The first-order valence-electron chi connectivity index (χ1n) is 7.78. The second-order valence-corrected chi connectivity index (χ2v) is 6.26. The molecule has 0 unspecified atom stereocenters. The Balaban J connectivity index is 1.66. The van der Waals surface area contributed by atoms with Crippen LogP contribution in [0.3, 0.4) is 0 Å². The molecule has 1 aromatic carbocycles. The molecule has 1 aliphatic carbocycles. The van der Waals surface area contributed by atoms with Gasteiger partial charge in [-0.3, -0.25) is 4.79 Å². The Labute approximate surface area is 140 Å². The van der Waals surface area contributed by atoms with E-state index in [-0.39, 0.29) is 11.6 Å². The lowest BCUT2D eigenvalue weighted by Crippen LogP contribution is -2.18. The minimum absolute atomic E-state index is 0.279. The normalized spacial score (nSPS) is 14.7. The van der Waals surface area contributed by atoms with Crippen LogP contribution in [0, 0.1) is 6.92 Å². The smallest absolute Gasteiger partial charge is 0.275 e. The maximum Gasteiger partial charge on any atom is 0.275 e. The molecule has 2 N–H and O–H groups in total. The van der Waals surface area contributed by atoms with Crippen molar-refractivity contribution in [2.75, 3.05) is 10.6 Å². The van der Waals surface area contributed by atoms with Crippen molar-refractivity contribution in [2.24, 2.45) is 0 Å². The molecule has 0 aliphatic heterocycles. The molecular formula is C17H19ClN4O. The quantitative estimate of drug-likeness (QED) is 0.887. The van der Waals surface area contributed by atoms with Gasteiger partial charge in [-0.25, -0.2) is 9.97 Å². The van der Waals surface area contributed by atoms with Gasteiger partial charge >= 0.3 is 0 Å². The summed E-state index contributed by atoms with van der Waals surface area (Å²) in [6.45, 7) is 1.91. The Morgan fingerprint density at radius 1 is 1.22 bits per heavy atom. The molecule has 0 radical (unpaired) electrons. The van der Waals surface area contributed by atoms with Crippen LogP contribution in [0.5, 0.6) is 0 Å². The minimum atomic E-state index is -0.296. The Hall–Kier alpha value is -2.14. The number of carbonyl (C=O) groups is 1. The number of hydrogen-bond acceptors (Lipinski definition) is 4. The van der Waals surface area contributed by atoms with Gasteiger partial charge in [-0.15, -0.1) is 0 Å². The van der Waals surface area contributed by atoms with Crippen molar-refractivity contribution in [3.05, 3.63) is 46.9 Å². The molecule has 1 fully saturated rings. The fraction of sp³-hybridized carbons (Fsp3) is 0.353. The average Bonchev–Trinajstić information content (AvgIpc) is 3.04. The van der Waals surface area contributed by atoms with E-state index < -0.39 is 0 Å². The van der Waals surface area contributed by atoms with Crippen LogP contribution in [0.25, 0.3) is 0 Å². The molecule has 1 heterocycles. The zero-order valence-electron chi connectivity index (χ0n) is 13.0. The molecule has 1 amide bonds. The fourth-order valence-corrected chi connectivity index (χ4v) is 2.89. The van der Waals surface area contributed by atoms with E-state index in [9.17, 15) is 4.79 Å². The highest BCUT2D eigenvalue weighted by Gasteiger charge is 2.16. The van der Waals surface area contributed by atoms with Gasteiger partial charge in [0.2, 0.25) is 0 Å². The molecule has 0 spiro atoms. The van der Waals surface area contributed by atoms with Crippen molar-refractivity contribution in [1.29, 1.82) is 0 Å². The molecule has 3 rings (SSSR count). The molecule has 5 nitrogen and oxygen atoms in total. The summed E-state index contributed by atoms with van der Waals surface area (Å²) < 4.78 is 0. The summed E-state index contributed by atoms with van der Waals surface area (Å²) >= 11 is 5.96. The lowest BCUT2D eigenvalue weighted by Gasteiger charge is -2.12.